The Kier molecular flexibility index (Phi) is 6.44. The highest BCUT2D eigenvalue weighted by Crippen LogP contribution is 2.44. The van der Waals surface area contributed by atoms with E-state index >= 15 is 0 Å². The van der Waals surface area contributed by atoms with Crippen LogP contribution in [0.5, 0.6) is 0 Å². The highest BCUT2D eigenvalue weighted by molar-refractivity contribution is 6.08. The van der Waals surface area contributed by atoms with Crippen LogP contribution in [0.2, 0.25) is 0 Å². The van der Waals surface area contributed by atoms with E-state index in [1.165, 1.54) is 5.01 Å². The molecule has 2 aliphatic rings. The first kappa shape index (κ1) is 23.2. The fraction of sp³-hybridized carbons (Fsp3) is 0.222. The van der Waals surface area contributed by atoms with Crippen LogP contribution in [0, 0.1) is 5.92 Å². The number of rotatable bonds is 5. The molecule has 5 rings (SSSR count). The molecule has 1 fully saturated rings. The number of ether oxygens (including phenoxy) is 1. The lowest BCUT2D eigenvalue weighted by atomic mass is 9.77. The average molecular weight is 485 g/mol. The molecule has 2 unspecified atom stereocenters. The van der Waals surface area contributed by atoms with Crippen molar-refractivity contribution in [1.82, 2.24) is 15.0 Å². The molecule has 1 amide bonds. The van der Waals surface area contributed by atoms with Gasteiger partial charge in [-0.1, -0.05) is 60.7 Å². The maximum absolute atomic E-state index is 13.3. The molecule has 1 aliphatic carbocycles. The molecule has 9 nitrogen and oxygen atoms in total. The summed E-state index contributed by atoms with van der Waals surface area (Å²) < 4.78 is 5.13. The molecule has 0 saturated heterocycles. The number of amides is 1. The molecular formula is C27H24N4O5. The molecule has 0 spiro atoms. The highest BCUT2D eigenvalue weighted by Gasteiger charge is 2.43. The van der Waals surface area contributed by atoms with Crippen molar-refractivity contribution < 1.29 is 14.3 Å². The number of carbonyl (C=O) groups is 2. The fourth-order valence-electron chi connectivity index (χ4n) is 4.77. The van der Waals surface area contributed by atoms with Gasteiger partial charge in [0.15, 0.2) is 6.61 Å². The van der Waals surface area contributed by atoms with Gasteiger partial charge in [-0.25, -0.2) is 14.6 Å². The van der Waals surface area contributed by atoms with Gasteiger partial charge in [0.1, 0.15) is 5.56 Å². The molecule has 1 saturated carbocycles. The summed E-state index contributed by atoms with van der Waals surface area (Å²) in [5, 5.41) is 6.16. The van der Waals surface area contributed by atoms with Gasteiger partial charge >= 0.3 is 11.7 Å². The van der Waals surface area contributed by atoms with Crippen LogP contribution in [-0.2, 0) is 9.53 Å². The Morgan fingerprint density at radius 2 is 1.78 bits per heavy atom. The standard InChI is InChI=1S/C27H24N4O5/c32-22(16-36-26(34)21-15-28-27(35)29-25(21)33)31-24(18-10-5-2-6-11-18)20-13-7-12-19(23(20)30-31)14-17-8-3-1-4-9-17/h1-6,8-11,14-15,20,24H,7,12-13,16H2,(H2,28,29,33,35). The van der Waals surface area contributed by atoms with Crippen LogP contribution in [0.1, 0.15) is 46.8 Å². The zero-order valence-electron chi connectivity index (χ0n) is 19.3. The number of esters is 1. The van der Waals surface area contributed by atoms with Crippen molar-refractivity contribution in [2.24, 2.45) is 11.0 Å². The molecule has 2 N–H and O–H groups in total. The van der Waals surface area contributed by atoms with Crippen molar-refractivity contribution in [3.05, 3.63) is 110 Å². The van der Waals surface area contributed by atoms with E-state index in [9.17, 15) is 19.2 Å². The van der Waals surface area contributed by atoms with Crippen LogP contribution < -0.4 is 11.2 Å². The van der Waals surface area contributed by atoms with Gasteiger partial charge in [0.2, 0.25) is 0 Å². The number of hydrogen-bond donors (Lipinski definition) is 2. The number of H-pyrrole nitrogens is 2. The summed E-state index contributed by atoms with van der Waals surface area (Å²) in [6.45, 7) is -0.595. The Bertz CT molecular complexity index is 1460. The molecule has 182 valence electrons. The van der Waals surface area contributed by atoms with Crippen molar-refractivity contribution in [3.63, 3.8) is 0 Å². The lowest BCUT2D eigenvalue weighted by Gasteiger charge is -2.29. The van der Waals surface area contributed by atoms with Gasteiger partial charge < -0.3 is 9.72 Å². The molecular weight excluding hydrogens is 460 g/mol. The number of hydrazone groups is 1. The number of allylic oxidation sites excluding steroid dienone is 1. The lowest BCUT2D eigenvalue weighted by molar-refractivity contribution is -0.137. The minimum absolute atomic E-state index is 0.0119. The average Bonchev–Trinajstić information content (AvgIpc) is 3.29. The van der Waals surface area contributed by atoms with E-state index in [0.29, 0.717) is 0 Å². The largest absolute Gasteiger partial charge is 0.452 e. The summed E-state index contributed by atoms with van der Waals surface area (Å²) in [7, 11) is 0. The topological polar surface area (TPSA) is 125 Å². The Morgan fingerprint density at radius 3 is 2.50 bits per heavy atom. The van der Waals surface area contributed by atoms with E-state index in [-0.39, 0.29) is 12.0 Å². The number of hydrogen-bond acceptors (Lipinski definition) is 6. The zero-order valence-corrected chi connectivity index (χ0v) is 19.3. The Hall–Kier alpha value is -4.53. The van der Waals surface area contributed by atoms with Crippen LogP contribution in [0.4, 0.5) is 0 Å². The third-order valence-corrected chi connectivity index (χ3v) is 6.40. The van der Waals surface area contributed by atoms with Gasteiger partial charge in [-0.2, -0.15) is 5.10 Å². The number of benzene rings is 2. The van der Waals surface area contributed by atoms with Crippen molar-refractivity contribution in [1.29, 1.82) is 0 Å². The maximum Gasteiger partial charge on any atom is 0.345 e. The number of carbonyl (C=O) groups excluding carboxylic acids is 2. The SMILES string of the molecule is O=C(OCC(=O)N1N=C2C(=Cc3ccccc3)CCCC2C1c1ccccc1)c1c[nH]c(=O)[nH]c1=O. The first-order chi connectivity index (χ1) is 17.5. The van der Waals surface area contributed by atoms with Crippen molar-refractivity contribution in [2.45, 2.75) is 25.3 Å². The van der Waals surface area contributed by atoms with E-state index in [0.717, 1.165) is 47.9 Å². The minimum atomic E-state index is -1.01. The van der Waals surface area contributed by atoms with Gasteiger partial charge in [-0.05, 0) is 42.0 Å². The van der Waals surface area contributed by atoms with Gasteiger partial charge in [-0.15, -0.1) is 0 Å². The minimum Gasteiger partial charge on any atom is -0.452 e. The molecule has 1 aliphatic heterocycles. The number of nitrogens with zero attached hydrogens (tertiary/aromatic N) is 2. The van der Waals surface area contributed by atoms with Crippen LogP contribution >= 0.6 is 0 Å². The van der Waals surface area contributed by atoms with Crippen LogP contribution in [-0.4, -0.2) is 39.2 Å². The van der Waals surface area contributed by atoms with Crippen molar-refractivity contribution in [2.75, 3.05) is 6.61 Å². The Morgan fingerprint density at radius 1 is 1.06 bits per heavy atom. The second-order valence-electron chi connectivity index (χ2n) is 8.72. The molecule has 3 aromatic rings. The van der Waals surface area contributed by atoms with Gasteiger partial charge in [-0.3, -0.25) is 14.6 Å². The van der Waals surface area contributed by atoms with Crippen molar-refractivity contribution >= 4 is 23.7 Å². The predicted octanol–water partition coefficient (Wildman–Crippen LogP) is 3.04. The quantitative estimate of drug-likeness (QED) is 0.539. The molecule has 0 radical (unpaired) electrons. The van der Waals surface area contributed by atoms with Crippen LogP contribution in [0.25, 0.3) is 6.08 Å². The number of aromatic amines is 2. The Labute approximate surface area is 206 Å². The summed E-state index contributed by atoms with van der Waals surface area (Å²) in [5.74, 6) is -1.50. The molecule has 36 heavy (non-hydrogen) atoms. The van der Waals surface area contributed by atoms with Gasteiger partial charge in [0.05, 0.1) is 11.8 Å². The first-order valence-corrected chi connectivity index (χ1v) is 11.7. The predicted molar refractivity (Wildman–Crippen MR) is 133 cm³/mol. The van der Waals surface area contributed by atoms with E-state index < -0.39 is 35.3 Å². The number of fused-ring (bicyclic) bond motifs is 1. The van der Waals surface area contributed by atoms with Gasteiger partial charge in [0.25, 0.3) is 11.5 Å². The van der Waals surface area contributed by atoms with Gasteiger partial charge in [0, 0.05) is 12.1 Å². The summed E-state index contributed by atoms with van der Waals surface area (Å²) in [4.78, 5) is 52.9. The number of nitrogens with one attached hydrogen (secondary N) is 2. The van der Waals surface area contributed by atoms with Crippen molar-refractivity contribution in [3.8, 4) is 0 Å². The molecule has 1 aromatic heterocycles. The van der Waals surface area contributed by atoms with Crippen LogP contribution in [0.3, 0.4) is 0 Å². The first-order valence-electron chi connectivity index (χ1n) is 11.7. The summed E-state index contributed by atoms with van der Waals surface area (Å²) in [5.41, 5.74) is 1.95. The Balaban J connectivity index is 1.43. The summed E-state index contributed by atoms with van der Waals surface area (Å²) in [6, 6.07) is 19.3. The van der Waals surface area contributed by atoms with Crippen LogP contribution in [0.15, 0.2) is 87.1 Å². The lowest BCUT2D eigenvalue weighted by Crippen LogP contribution is -2.35. The zero-order chi connectivity index (χ0) is 25.1. The monoisotopic (exact) mass is 484 g/mol. The molecule has 2 heterocycles. The van der Waals surface area contributed by atoms with E-state index in [1.54, 1.807) is 0 Å². The third kappa shape index (κ3) is 4.68. The molecule has 2 aromatic carbocycles. The molecule has 0 bridgehead atoms. The highest BCUT2D eigenvalue weighted by atomic mass is 16.5. The fourth-order valence-corrected chi connectivity index (χ4v) is 4.77. The normalized spacial score (nSPS) is 20.1. The summed E-state index contributed by atoms with van der Waals surface area (Å²) in [6.07, 6.45) is 5.78. The van der Waals surface area contributed by atoms with E-state index in [2.05, 4.69) is 11.1 Å². The third-order valence-electron chi connectivity index (χ3n) is 6.40. The summed E-state index contributed by atoms with van der Waals surface area (Å²) >= 11 is 0. The number of aromatic nitrogens is 2. The smallest absolute Gasteiger partial charge is 0.345 e. The van der Waals surface area contributed by atoms with E-state index in [1.807, 2.05) is 65.6 Å². The van der Waals surface area contributed by atoms with E-state index in [4.69, 9.17) is 9.84 Å². The second-order valence-corrected chi connectivity index (χ2v) is 8.72. The second kappa shape index (κ2) is 9.99. The maximum atomic E-state index is 13.3. The molecule has 9 heteroatoms. The molecule has 2 atom stereocenters.